The average molecular weight is 521 g/mol. The molecule has 1 heterocycles. The first kappa shape index (κ1) is 27.9. The predicted octanol–water partition coefficient (Wildman–Crippen LogP) is 3.84. The van der Waals surface area contributed by atoms with Gasteiger partial charge in [-0.1, -0.05) is 26.0 Å². The van der Waals surface area contributed by atoms with Gasteiger partial charge < -0.3 is 10.6 Å². The number of hydrogen-bond donors (Lipinski definition) is 3. The molecular weight excluding hydrogens is 480 g/mol. The van der Waals surface area contributed by atoms with E-state index in [1.807, 2.05) is 13.8 Å². The molecule has 1 fully saturated rings. The van der Waals surface area contributed by atoms with Crippen molar-refractivity contribution in [2.45, 2.75) is 70.2 Å². The van der Waals surface area contributed by atoms with Crippen LogP contribution in [0.25, 0.3) is 0 Å². The molecule has 1 aliphatic heterocycles. The van der Waals surface area contributed by atoms with E-state index in [1.165, 1.54) is 17.4 Å². The molecule has 3 rings (SSSR count). The highest BCUT2D eigenvalue weighted by Gasteiger charge is 2.39. The summed E-state index contributed by atoms with van der Waals surface area (Å²) in [5, 5.41) is 16.3. The van der Waals surface area contributed by atoms with Gasteiger partial charge in [0.1, 0.15) is 0 Å². The molecule has 1 aromatic carbocycles. The van der Waals surface area contributed by atoms with Crippen molar-refractivity contribution in [1.29, 1.82) is 0 Å². The maximum absolute atomic E-state index is 13.8. The van der Waals surface area contributed by atoms with Crippen molar-refractivity contribution in [2.75, 3.05) is 25.6 Å². The van der Waals surface area contributed by atoms with Gasteiger partial charge in [0.05, 0.1) is 6.54 Å². The Morgan fingerprint density at radius 2 is 1.75 bits per heavy atom. The van der Waals surface area contributed by atoms with Crippen LogP contribution in [0.15, 0.2) is 40.3 Å². The SMILES string of the molecule is CCC1=C(C)CN(C(=O)NCCc2ccc(S(C)(C)(=O)N(O)C(=O)NC3CCC(C)CC3)cc2)C1=O. The van der Waals surface area contributed by atoms with Gasteiger partial charge in [-0.15, -0.1) is 4.47 Å². The van der Waals surface area contributed by atoms with E-state index in [2.05, 4.69) is 17.6 Å². The minimum absolute atomic E-state index is 0.0341. The summed E-state index contributed by atoms with van der Waals surface area (Å²) in [5.41, 5.74) is 2.49. The predicted molar refractivity (Wildman–Crippen MR) is 140 cm³/mol. The van der Waals surface area contributed by atoms with Crippen LogP contribution in [-0.4, -0.2) is 68.4 Å². The lowest BCUT2D eigenvalue weighted by atomic mass is 9.87. The first-order chi connectivity index (χ1) is 16.8. The number of amides is 5. The van der Waals surface area contributed by atoms with Crippen LogP contribution in [0.2, 0.25) is 0 Å². The van der Waals surface area contributed by atoms with E-state index in [9.17, 15) is 23.8 Å². The number of carbonyl (C=O) groups is 3. The third kappa shape index (κ3) is 5.98. The number of imide groups is 1. The Morgan fingerprint density at radius 1 is 1.14 bits per heavy atom. The Hall–Kier alpha value is -2.72. The van der Waals surface area contributed by atoms with Gasteiger partial charge in [-0.05, 0) is 74.6 Å². The summed E-state index contributed by atoms with van der Waals surface area (Å²) < 4.78 is 14.2. The fourth-order valence-corrected chi connectivity index (χ4v) is 6.44. The molecule has 0 saturated heterocycles. The molecule has 2 aliphatic rings. The van der Waals surface area contributed by atoms with E-state index in [0.29, 0.717) is 46.8 Å². The zero-order valence-electron chi connectivity index (χ0n) is 22.0. The van der Waals surface area contributed by atoms with Gasteiger partial charge in [0.2, 0.25) is 0 Å². The van der Waals surface area contributed by atoms with E-state index in [4.69, 9.17) is 0 Å². The molecule has 1 saturated carbocycles. The van der Waals surface area contributed by atoms with Crippen molar-refractivity contribution in [2.24, 2.45) is 5.92 Å². The zero-order chi connectivity index (χ0) is 26.7. The molecule has 10 heteroatoms. The fourth-order valence-electron chi connectivity index (χ4n) is 4.80. The second-order valence-electron chi connectivity index (χ2n) is 10.6. The highest BCUT2D eigenvalue weighted by atomic mass is 32.3. The summed E-state index contributed by atoms with van der Waals surface area (Å²) in [6.45, 7) is 6.60. The number of urea groups is 2. The summed E-state index contributed by atoms with van der Waals surface area (Å²) in [6, 6.07) is 5.59. The van der Waals surface area contributed by atoms with Gasteiger partial charge >= 0.3 is 12.1 Å². The molecule has 0 radical (unpaired) electrons. The van der Waals surface area contributed by atoms with Crippen LogP contribution < -0.4 is 10.6 Å². The largest absolute Gasteiger partial charge is 0.352 e. The molecular formula is C26H40N4O5S. The first-order valence-electron chi connectivity index (χ1n) is 12.6. The second kappa shape index (κ2) is 10.7. The molecule has 200 valence electrons. The van der Waals surface area contributed by atoms with Crippen LogP contribution in [-0.2, 0) is 20.5 Å². The lowest BCUT2D eigenvalue weighted by Crippen LogP contribution is -2.55. The summed E-state index contributed by atoms with van der Waals surface area (Å²) in [7, 11) is -4.05. The molecule has 9 nitrogen and oxygen atoms in total. The van der Waals surface area contributed by atoms with Crippen LogP contribution in [0.3, 0.4) is 0 Å². The minimum atomic E-state index is -4.05. The summed E-state index contributed by atoms with van der Waals surface area (Å²) >= 11 is 0. The van der Waals surface area contributed by atoms with Gasteiger partial charge in [-0.25, -0.2) is 9.59 Å². The molecule has 36 heavy (non-hydrogen) atoms. The molecule has 0 aromatic heterocycles. The summed E-state index contributed by atoms with van der Waals surface area (Å²) in [6.07, 6.45) is 7.57. The second-order valence-corrected chi connectivity index (χ2v) is 14.9. The highest BCUT2D eigenvalue weighted by Crippen LogP contribution is 2.33. The third-order valence-corrected chi connectivity index (χ3v) is 10.1. The number of hydroxylamine groups is 1. The van der Waals surface area contributed by atoms with E-state index < -0.39 is 21.3 Å². The Labute approximate surface area is 213 Å². The van der Waals surface area contributed by atoms with Gasteiger partial charge in [-0.3, -0.25) is 19.1 Å². The Kier molecular flexibility index (Phi) is 8.30. The summed E-state index contributed by atoms with van der Waals surface area (Å²) in [4.78, 5) is 39.0. The first-order valence-corrected chi connectivity index (χ1v) is 15.4. The highest BCUT2D eigenvalue weighted by molar-refractivity contribution is 8.17. The Bertz CT molecular complexity index is 1100. The fraction of sp³-hybridized carbons (Fsp3) is 0.577. The number of rotatable bonds is 7. The molecule has 0 bridgehead atoms. The molecule has 0 unspecified atom stereocenters. The summed E-state index contributed by atoms with van der Waals surface area (Å²) in [5.74, 6) is 0.391. The smallest absolute Gasteiger partial charge is 0.337 e. The topological polar surface area (TPSA) is 119 Å². The van der Waals surface area contributed by atoms with Crippen molar-refractivity contribution >= 4 is 27.2 Å². The standard InChI is InChI=1S/C26H40N4O5S/c1-6-23-19(3)17-29(24(23)31)25(32)27-16-15-20-9-13-22(14-10-20)36(4,5,35)30(34)26(33)28-21-11-7-18(2)8-12-21/h9-10,13-14,18,21,34H,6-8,11-12,15-17H2,1-5H3,(H,27,32)(H,28,33). The lowest BCUT2D eigenvalue weighted by Gasteiger charge is -2.41. The van der Waals surface area contributed by atoms with Gasteiger partial charge in [0.25, 0.3) is 5.91 Å². The zero-order valence-corrected chi connectivity index (χ0v) is 22.8. The normalized spacial score (nSPS) is 21.7. The Morgan fingerprint density at radius 3 is 2.31 bits per heavy atom. The van der Waals surface area contributed by atoms with E-state index in [-0.39, 0.29) is 11.9 Å². The minimum Gasteiger partial charge on any atom is -0.337 e. The third-order valence-electron chi connectivity index (χ3n) is 7.32. The number of nitrogens with zero attached hydrogens (tertiary/aromatic N) is 2. The number of benzene rings is 1. The van der Waals surface area contributed by atoms with Crippen LogP contribution in [0, 0.1) is 5.92 Å². The molecule has 3 N–H and O–H groups in total. The number of carbonyl (C=O) groups excluding carboxylic acids is 3. The maximum atomic E-state index is 13.8. The van der Waals surface area contributed by atoms with Gasteiger partial charge in [-0.2, -0.15) is 0 Å². The van der Waals surface area contributed by atoms with Crippen LogP contribution in [0.4, 0.5) is 9.59 Å². The van der Waals surface area contributed by atoms with Crippen molar-refractivity contribution in [3.63, 3.8) is 0 Å². The van der Waals surface area contributed by atoms with Gasteiger partial charge in [0, 0.05) is 44.8 Å². The molecule has 0 atom stereocenters. The quantitative estimate of drug-likeness (QED) is 0.373. The molecule has 1 aromatic rings. The number of hydrogen-bond acceptors (Lipinski definition) is 5. The lowest BCUT2D eigenvalue weighted by molar-refractivity contribution is -0.123. The monoisotopic (exact) mass is 520 g/mol. The average Bonchev–Trinajstić information content (AvgIpc) is 3.13. The van der Waals surface area contributed by atoms with Crippen molar-refractivity contribution < 1.29 is 23.8 Å². The van der Waals surface area contributed by atoms with Crippen LogP contribution in [0.5, 0.6) is 0 Å². The van der Waals surface area contributed by atoms with Crippen molar-refractivity contribution in [1.82, 2.24) is 20.0 Å². The molecule has 1 aliphatic carbocycles. The van der Waals surface area contributed by atoms with E-state index in [0.717, 1.165) is 36.8 Å². The van der Waals surface area contributed by atoms with E-state index in [1.54, 1.807) is 24.3 Å². The maximum Gasteiger partial charge on any atom is 0.352 e. The van der Waals surface area contributed by atoms with Crippen LogP contribution in [0.1, 0.15) is 58.4 Å². The van der Waals surface area contributed by atoms with Gasteiger partial charge in [0.15, 0.2) is 0 Å². The van der Waals surface area contributed by atoms with Crippen LogP contribution >= 0.6 is 0 Å². The molecule has 0 spiro atoms. The van der Waals surface area contributed by atoms with E-state index >= 15 is 0 Å². The van der Waals surface area contributed by atoms with Crippen molar-refractivity contribution in [3.05, 3.63) is 41.0 Å². The number of nitrogens with one attached hydrogen (secondary N) is 2. The van der Waals surface area contributed by atoms with Crippen molar-refractivity contribution in [3.8, 4) is 0 Å². The Balaban J connectivity index is 1.55. The molecule has 5 amide bonds.